The molecular weight excluding hydrogens is 190 g/mol. The summed E-state index contributed by atoms with van der Waals surface area (Å²) in [6.07, 6.45) is 0. The Labute approximate surface area is 90.0 Å². The molecule has 82 valence electrons. The van der Waals surface area contributed by atoms with Crippen LogP contribution >= 0.6 is 0 Å². The van der Waals surface area contributed by atoms with Crippen LogP contribution in [0.25, 0.3) is 0 Å². The number of anilines is 1. The molecule has 0 saturated carbocycles. The van der Waals surface area contributed by atoms with Crippen molar-refractivity contribution >= 4 is 5.69 Å². The third-order valence-electron chi connectivity index (χ3n) is 3.03. The van der Waals surface area contributed by atoms with Crippen molar-refractivity contribution in [2.75, 3.05) is 33.1 Å². The van der Waals surface area contributed by atoms with E-state index < -0.39 is 0 Å². The van der Waals surface area contributed by atoms with Gasteiger partial charge in [0.15, 0.2) is 0 Å². The van der Waals surface area contributed by atoms with Gasteiger partial charge in [0, 0.05) is 18.3 Å². The maximum absolute atomic E-state index is 5.64. The van der Waals surface area contributed by atoms with Gasteiger partial charge >= 0.3 is 0 Å². The lowest BCUT2D eigenvalue weighted by Crippen LogP contribution is -2.52. The van der Waals surface area contributed by atoms with Crippen LogP contribution < -0.4 is 20.7 Å². The normalized spacial score (nSPS) is 17.0. The van der Waals surface area contributed by atoms with Crippen molar-refractivity contribution < 1.29 is 4.74 Å². The number of ether oxygens (including phenoxy) is 1. The molecule has 3 N–H and O–H groups in total. The molecule has 0 saturated heterocycles. The van der Waals surface area contributed by atoms with Crippen LogP contribution in [0.5, 0.6) is 5.75 Å². The highest BCUT2D eigenvalue weighted by atomic mass is 16.5. The van der Waals surface area contributed by atoms with Crippen molar-refractivity contribution in [1.82, 2.24) is 10.6 Å². The van der Waals surface area contributed by atoms with E-state index in [1.165, 1.54) is 0 Å². The summed E-state index contributed by atoms with van der Waals surface area (Å²) < 4.78 is 5.64. The molecule has 0 aromatic heterocycles. The van der Waals surface area contributed by atoms with Gasteiger partial charge in [0.1, 0.15) is 18.0 Å². The van der Waals surface area contributed by atoms with E-state index in [0.717, 1.165) is 17.0 Å². The van der Waals surface area contributed by atoms with Crippen molar-refractivity contribution in [3.63, 3.8) is 0 Å². The van der Waals surface area contributed by atoms with E-state index >= 15 is 0 Å². The zero-order valence-electron chi connectivity index (χ0n) is 9.35. The van der Waals surface area contributed by atoms with Crippen LogP contribution in [0, 0.1) is 0 Å². The predicted molar refractivity (Wildman–Crippen MR) is 61.3 cm³/mol. The van der Waals surface area contributed by atoms with Gasteiger partial charge in [-0.3, -0.25) is 10.6 Å². The van der Waals surface area contributed by atoms with Crippen LogP contribution in [0.3, 0.4) is 0 Å². The molecule has 1 aromatic carbocycles. The van der Waals surface area contributed by atoms with Crippen molar-refractivity contribution in [1.29, 1.82) is 0 Å². The van der Waals surface area contributed by atoms with Gasteiger partial charge in [-0.2, -0.15) is 0 Å². The number of fused-ring (bicyclic) bond motifs is 1. The van der Waals surface area contributed by atoms with E-state index in [1.54, 1.807) is 0 Å². The summed E-state index contributed by atoms with van der Waals surface area (Å²) in [5.74, 6) is 0.942. The van der Waals surface area contributed by atoms with Crippen molar-refractivity contribution in [3.05, 3.63) is 23.8 Å². The van der Waals surface area contributed by atoms with Gasteiger partial charge in [-0.25, -0.2) is 0 Å². The second-order valence-electron chi connectivity index (χ2n) is 3.65. The van der Waals surface area contributed by atoms with E-state index in [0.29, 0.717) is 6.61 Å². The molecule has 0 fully saturated rings. The Bertz CT molecular complexity index is 361. The van der Waals surface area contributed by atoms with Crippen molar-refractivity contribution in [2.24, 2.45) is 0 Å². The molecule has 0 bridgehead atoms. The fraction of sp³-hybridized carbons (Fsp3) is 0.455. The first-order chi connectivity index (χ1) is 7.25. The number of nitrogens with one attached hydrogen (secondary N) is 3. The molecule has 0 radical (unpaired) electrons. The molecule has 0 spiro atoms. The van der Waals surface area contributed by atoms with E-state index in [-0.39, 0.29) is 5.66 Å². The number of likely N-dealkylation sites (N-methyl/N-ethyl adjacent to an activating group) is 2. The van der Waals surface area contributed by atoms with Crippen LogP contribution in [0.15, 0.2) is 18.2 Å². The van der Waals surface area contributed by atoms with Crippen molar-refractivity contribution in [3.8, 4) is 5.75 Å². The maximum Gasteiger partial charge on any atom is 0.133 e. The zero-order valence-corrected chi connectivity index (χ0v) is 9.35. The Balaban J connectivity index is 2.47. The minimum atomic E-state index is -0.262. The Hall–Kier alpha value is -1.26. The van der Waals surface area contributed by atoms with E-state index in [9.17, 15) is 0 Å². The van der Waals surface area contributed by atoms with Crippen LogP contribution in [0.2, 0.25) is 0 Å². The van der Waals surface area contributed by atoms with Crippen molar-refractivity contribution in [2.45, 2.75) is 5.66 Å². The first-order valence-corrected chi connectivity index (χ1v) is 5.08. The minimum Gasteiger partial charge on any atom is -0.489 e. The largest absolute Gasteiger partial charge is 0.489 e. The summed E-state index contributed by atoms with van der Waals surface area (Å²) in [5, 5.41) is 9.67. The molecule has 4 heteroatoms. The Morgan fingerprint density at radius 3 is 2.53 bits per heavy atom. The van der Waals surface area contributed by atoms with Gasteiger partial charge in [0.2, 0.25) is 0 Å². The lowest BCUT2D eigenvalue weighted by Gasteiger charge is -2.27. The highest BCUT2D eigenvalue weighted by Gasteiger charge is 2.38. The highest BCUT2D eigenvalue weighted by molar-refractivity contribution is 5.54. The van der Waals surface area contributed by atoms with Gasteiger partial charge in [0.25, 0.3) is 0 Å². The molecule has 4 nitrogen and oxygen atoms in total. The zero-order chi connectivity index (χ0) is 10.9. The quantitative estimate of drug-likeness (QED) is 0.639. The smallest absolute Gasteiger partial charge is 0.133 e. The summed E-state index contributed by atoms with van der Waals surface area (Å²) in [6, 6.07) is 6.12. The second kappa shape index (κ2) is 3.72. The van der Waals surface area contributed by atoms with Crippen LogP contribution in [0.4, 0.5) is 5.69 Å². The molecule has 1 aliphatic rings. The molecule has 1 heterocycles. The van der Waals surface area contributed by atoms with Gasteiger partial charge in [-0.05, 0) is 32.3 Å². The van der Waals surface area contributed by atoms with Crippen LogP contribution in [-0.4, -0.2) is 27.7 Å². The average molecular weight is 207 g/mol. The van der Waals surface area contributed by atoms with E-state index in [4.69, 9.17) is 4.74 Å². The molecule has 1 aliphatic heterocycles. The van der Waals surface area contributed by atoms with Crippen LogP contribution in [0.1, 0.15) is 5.56 Å². The lowest BCUT2D eigenvalue weighted by atomic mass is 10.0. The van der Waals surface area contributed by atoms with Gasteiger partial charge in [-0.1, -0.05) is 0 Å². The summed E-state index contributed by atoms with van der Waals surface area (Å²) in [4.78, 5) is 0. The highest BCUT2D eigenvalue weighted by Crippen LogP contribution is 2.36. The molecule has 2 rings (SSSR count). The summed E-state index contributed by atoms with van der Waals surface area (Å²) in [7, 11) is 5.78. The molecule has 0 aliphatic carbocycles. The molecule has 0 amide bonds. The third-order valence-corrected chi connectivity index (χ3v) is 3.03. The number of hydrogen-bond acceptors (Lipinski definition) is 4. The third kappa shape index (κ3) is 1.46. The molecule has 15 heavy (non-hydrogen) atoms. The Morgan fingerprint density at radius 2 is 1.93 bits per heavy atom. The SMILES string of the molecule is CNc1ccc2c(c1)C(NC)(NC)CO2. The first-order valence-electron chi connectivity index (χ1n) is 5.08. The molecule has 0 unspecified atom stereocenters. The topological polar surface area (TPSA) is 45.3 Å². The van der Waals surface area contributed by atoms with E-state index in [2.05, 4.69) is 22.0 Å². The van der Waals surface area contributed by atoms with Gasteiger partial charge in [0.05, 0.1) is 0 Å². The monoisotopic (exact) mass is 207 g/mol. The summed E-state index contributed by atoms with van der Waals surface area (Å²) in [6.45, 7) is 0.614. The van der Waals surface area contributed by atoms with Gasteiger partial charge in [-0.15, -0.1) is 0 Å². The molecule has 1 aromatic rings. The van der Waals surface area contributed by atoms with Gasteiger partial charge < -0.3 is 10.1 Å². The fourth-order valence-corrected chi connectivity index (χ4v) is 1.95. The molecule has 0 atom stereocenters. The number of rotatable bonds is 3. The summed E-state index contributed by atoms with van der Waals surface area (Å²) in [5.41, 5.74) is 1.98. The summed E-state index contributed by atoms with van der Waals surface area (Å²) >= 11 is 0. The second-order valence-corrected chi connectivity index (χ2v) is 3.65. The Kier molecular flexibility index (Phi) is 2.54. The number of benzene rings is 1. The number of hydrogen-bond donors (Lipinski definition) is 3. The first kappa shape index (κ1) is 10.3. The average Bonchev–Trinajstić information content (AvgIpc) is 2.67. The lowest BCUT2D eigenvalue weighted by molar-refractivity contribution is 0.209. The standard InChI is InChI=1S/C11H17N3O/c1-12-8-4-5-10-9(6-8)11(13-2,14-3)7-15-10/h4-6,12-14H,7H2,1-3H3. The molecular formula is C11H17N3O. The predicted octanol–water partition coefficient (Wildman–Crippen LogP) is 0.712. The van der Waals surface area contributed by atoms with Crippen LogP contribution in [-0.2, 0) is 5.66 Å². The fourth-order valence-electron chi connectivity index (χ4n) is 1.95. The van der Waals surface area contributed by atoms with E-state index in [1.807, 2.05) is 33.3 Å². The Morgan fingerprint density at radius 1 is 1.20 bits per heavy atom. The maximum atomic E-state index is 5.64. The minimum absolute atomic E-state index is 0.262.